The fourth-order valence-electron chi connectivity index (χ4n) is 2.03. The van der Waals surface area contributed by atoms with Crippen LogP contribution in [0, 0.1) is 12.7 Å². The fourth-order valence-corrected chi connectivity index (χ4v) is 2.03. The van der Waals surface area contributed by atoms with E-state index in [4.69, 9.17) is 5.11 Å². The van der Waals surface area contributed by atoms with Gasteiger partial charge in [0.2, 0.25) is 0 Å². The van der Waals surface area contributed by atoms with Crippen LogP contribution in [0.1, 0.15) is 31.0 Å². The number of halogens is 1. The van der Waals surface area contributed by atoms with Gasteiger partial charge in [0.1, 0.15) is 5.82 Å². The zero-order valence-electron chi connectivity index (χ0n) is 11.6. The first-order valence-corrected chi connectivity index (χ1v) is 6.38. The molecule has 0 aliphatic rings. The number of likely N-dealkylation sites (N-methyl/N-ethyl adjacent to an activating group) is 1. The van der Waals surface area contributed by atoms with Gasteiger partial charge in [0.25, 0.3) is 0 Å². The number of nitrogens with zero attached hydrogens (tertiary/aromatic N) is 1. The monoisotopic (exact) mass is 254 g/mol. The molecular weight excluding hydrogens is 231 g/mol. The van der Waals surface area contributed by atoms with E-state index in [9.17, 15) is 4.39 Å². The number of benzene rings is 1. The second kappa shape index (κ2) is 6.71. The van der Waals surface area contributed by atoms with Crippen LogP contribution in [0.25, 0.3) is 0 Å². The van der Waals surface area contributed by atoms with Crippen LogP contribution in [-0.2, 0) is 0 Å². The molecule has 1 atom stereocenters. The van der Waals surface area contributed by atoms with Crippen molar-refractivity contribution in [1.29, 1.82) is 0 Å². The highest BCUT2D eigenvalue weighted by Crippen LogP contribution is 2.29. The summed E-state index contributed by atoms with van der Waals surface area (Å²) in [5.41, 5.74) is 2.55. The van der Waals surface area contributed by atoms with Crippen molar-refractivity contribution in [3.63, 3.8) is 0 Å². The third kappa shape index (κ3) is 3.21. The zero-order chi connectivity index (χ0) is 13.7. The van der Waals surface area contributed by atoms with Gasteiger partial charge in [-0.15, -0.1) is 0 Å². The van der Waals surface area contributed by atoms with Crippen molar-refractivity contribution in [2.75, 3.05) is 31.6 Å². The number of anilines is 1. The summed E-state index contributed by atoms with van der Waals surface area (Å²) in [7, 11) is 1.86. The maximum absolute atomic E-state index is 13.7. The Morgan fingerprint density at radius 3 is 2.61 bits per heavy atom. The van der Waals surface area contributed by atoms with E-state index in [1.54, 1.807) is 13.0 Å². The van der Waals surface area contributed by atoms with E-state index in [1.165, 1.54) is 0 Å². The topological polar surface area (TPSA) is 35.5 Å². The summed E-state index contributed by atoms with van der Waals surface area (Å²) < 4.78 is 13.7. The lowest BCUT2D eigenvalue weighted by Gasteiger charge is -2.27. The molecule has 2 N–H and O–H groups in total. The Morgan fingerprint density at radius 2 is 2.11 bits per heavy atom. The van der Waals surface area contributed by atoms with E-state index in [0.717, 1.165) is 17.8 Å². The Kier molecular flexibility index (Phi) is 5.56. The SMILES string of the molecule is CCN(CCO)c1cc(C)c(F)cc1C(C)NC. The van der Waals surface area contributed by atoms with Crippen LogP contribution in [0.3, 0.4) is 0 Å². The number of rotatable bonds is 6. The average Bonchev–Trinajstić information content (AvgIpc) is 2.38. The zero-order valence-corrected chi connectivity index (χ0v) is 11.6. The molecule has 0 bridgehead atoms. The molecule has 0 saturated carbocycles. The number of nitrogens with one attached hydrogen (secondary N) is 1. The molecule has 1 unspecified atom stereocenters. The molecule has 0 aromatic heterocycles. The van der Waals surface area contributed by atoms with Crippen molar-refractivity contribution in [3.05, 3.63) is 29.1 Å². The van der Waals surface area contributed by atoms with E-state index in [-0.39, 0.29) is 18.5 Å². The Hall–Kier alpha value is -1.13. The van der Waals surface area contributed by atoms with Gasteiger partial charge in [-0.25, -0.2) is 4.39 Å². The molecule has 18 heavy (non-hydrogen) atoms. The summed E-state index contributed by atoms with van der Waals surface area (Å²) in [4.78, 5) is 2.07. The molecule has 0 saturated heterocycles. The van der Waals surface area contributed by atoms with Crippen LogP contribution in [0.5, 0.6) is 0 Å². The molecule has 0 radical (unpaired) electrons. The smallest absolute Gasteiger partial charge is 0.126 e. The number of hydrogen-bond acceptors (Lipinski definition) is 3. The second-order valence-electron chi connectivity index (χ2n) is 4.47. The minimum atomic E-state index is -0.184. The third-order valence-electron chi connectivity index (χ3n) is 3.30. The van der Waals surface area contributed by atoms with Gasteiger partial charge in [-0.2, -0.15) is 0 Å². The summed E-state index contributed by atoms with van der Waals surface area (Å²) >= 11 is 0. The first-order valence-electron chi connectivity index (χ1n) is 6.38. The molecule has 102 valence electrons. The minimum absolute atomic E-state index is 0.0721. The van der Waals surface area contributed by atoms with E-state index in [2.05, 4.69) is 10.2 Å². The molecule has 1 aromatic rings. The molecule has 3 nitrogen and oxygen atoms in total. The molecule has 0 aliphatic carbocycles. The molecule has 1 rings (SSSR count). The molecule has 0 spiro atoms. The first-order chi connectivity index (χ1) is 8.54. The van der Waals surface area contributed by atoms with Crippen LogP contribution < -0.4 is 10.2 Å². The van der Waals surface area contributed by atoms with E-state index >= 15 is 0 Å². The van der Waals surface area contributed by atoms with Gasteiger partial charge in [0.15, 0.2) is 0 Å². The maximum Gasteiger partial charge on any atom is 0.126 e. The second-order valence-corrected chi connectivity index (χ2v) is 4.47. The lowest BCUT2D eigenvalue weighted by atomic mass is 10.0. The van der Waals surface area contributed by atoms with Crippen LogP contribution in [0.4, 0.5) is 10.1 Å². The first kappa shape index (κ1) is 14.9. The van der Waals surface area contributed by atoms with Gasteiger partial charge in [0.05, 0.1) is 6.61 Å². The van der Waals surface area contributed by atoms with Gasteiger partial charge in [-0.1, -0.05) is 0 Å². The fraction of sp³-hybridized carbons (Fsp3) is 0.571. The predicted octanol–water partition coefficient (Wildman–Crippen LogP) is 2.23. The van der Waals surface area contributed by atoms with E-state index in [1.807, 2.05) is 27.0 Å². The standard InChI is InChI=1S/C14H23FN2O/c1-5-17(6-7-18)14-8-10(2)13(15)9-12(14)11(3)16-4/h8-9,11,16,18H,5-7H2,1-4H3. The molecule has 4 heteroatoms. The molecule has 1 aromatic carbocycles. The highest BCUT2D eigenvalue weighted by molar-refractivity contribution is 5.57. The summed E-state index contributed by atoms with van der Waals surface area (Å²) in [5, 5.41) is 12.2. The van der Waals surface area contributed by atoms with Crippen molar-refractivity contribution in [1.82, 2.24) is 5.32 Å². The van der Waals surface area contributed by atoms with Gasteiger partial charge in [0, 0.05) is 24.8 Å². The van der Waals surface area contributed by atoms with E-state index < -0.39 is 0 Å². The largest absolute Gasteiger partial charge is 0.395 e. The number of aliphatic hydroxyl groups is 1. The van der Waals surface area contributed by atoms with E-state index in [0.29, 0.717) is 12.1 Å². The van der Waals surface area contributed by atoms with Crippen LogP contribution >= 0.6 is 0 Å². The Balaban J connectivity index is 3.25. The Labute approximate surface area is 109 Å². The number of hydrogen-bond donors (Lipinski definition) is 2. The summed E-state index contributed by atoms with van der Waals surface area (Å²) in [6, 6.07) is 3.52. The predicted molar refractivity (Wildman–Crippen MR) is 73.6 cm³/mol. The highest BCUT2D eigenvalue weighted by atomic mass is 19.1. The van der Waals surface area contributed by atoms with Gasteiger partial charge >= 0.3 is 0 Å². The van der Waals surface area contributed by atoms with Crippen molar-refractivity contribution in [2.45, 2.75) is 26.8 Å². The van der Waals surface area contributed by atoms with Crippen molar-refractivity contribution in [2.24, 2.45) is 0 Å². The molecule has 0 heterocycles. The van der Waals surface area contributed by atoms with Crippen molar-refractivity contribution >= 4 is 5.69 Å². The quantitative estimate of drug-likeness (QED) is 0.817. The minimum Gasteiger partial charge on any atom is -0.395 e. The number of aryl methyl sites for hydroxylation is 1. The molecular formula is C14H23FN2O. The summed E-state index contributed by atoms with van der Waals surface area (Å²) in [5.74, 6) is -0.184. The van der Waals surface area contributed by atoms with Crippen molar-refractivity contribution < 1.29 is 9.50 Å². The summed E-state index contributed by atoms with van der Waals surface area (Å²) in [6.07, 6.45) is 0. The average molecular weight is 254 g/mol. The van der Waals surface area contributed by atoms with Gasteiger partial charge < -0.3 is 15.3 Å². The Morgan fingerprint density at radius 1 is 1.44 bits per heavy atom. The van der Waals surface area contributed by atoms with Gasteiger partial charge in [-0.05, 0) is 51.1 Å². The summed E-state index contributed by atoms with van der Waals surface area (Å²) in [6.45, 7) is 7.24. The molecule has 0 fully saturated rings. The van der Waals surface area contributed by atoms with Crippen LogP contribution in [0.15, 0.2) is 12.1 Å². The lowest BCUT2D eigenvalue weighted by Crippen LogP contribution is -2.29. The number of aliphatic hydroxyl groups excluding tert-OH is 1. The molecule has 0 aliphatic heterocycles. The normalized spacial score (nSPS) is 12.6. The maximum atomic E-state index is 13.7. The highest BCUT2D eigenvalue weighted by Gasteiger charge is 2.16. The van der Waals surface area contributed by atoms with Crippen LogP contribution in [-0.4, -0.2) is 31.9 Å². The van der Waals surface area contributed by atoms with Gasteiger partial charge in [-0.3, -0.25) is 0 Å². The Bertz CT molecular complexity index is 396. The molecule has 0 amide bonds. The lowest BCUT2D eigenvalue weighted by molar-refractivity contribution is 0.302. The third-order valence-corrected chi connectivity index (χ3v) is 3.30. The van der Waals surface area contributed by atoms with Crippen LogP contribution in [0.2, 0.25) is 0 Å². The van der Waals surface area contributed by atoms with Crippen molar-refractivity contribution in [3.8, 4) is 0 Å².